The van der Waals surface area contributed by atoms with Gasteiger partial charge in [-0.3, -0.25) is 14.5 Å². The van der Waals surface area contributed by atoms with Crippen LogP contribution in [0.3, 0.4) is 0 Å². The Bertz CT molecular complexity index is 1540. The number of anilines is 1. The van der Waals surface area contributed by atoms with Crippen molar-refractivity contribution in [3.05, 3.63) is 106 Å². The first-order valence-electron chi connectivity index (χ1n) is 11.0. The highest BCUT2D eigenvalue weighted by Gasteiger charge is 2.45. The van der Waals surface area contributed by atoms with Crippen molar-refractivity contribution in [2.45, 2.75) is 19.9 Å². The van der Waals surface area contributed by atoms with E-state index in [0.717, 1.165) is 26.9 Å². The van der Waals surface area contributed by atoms with Crippen molar-refractivity contribution >= 4 is 44.5 Å². The van der Waals surface area contributed by atoms with E-state index in [-0.39, 0.29) is 11.3 Å². The predicted molar refractivity (Wildman–Crippen MR) is 138 cm³/mol. The largest absolute Gasteiger partial charge is 0.508 e. The fraction of sp³-hybridized carbons (Fsp3) is 0.107. The van der Waals surface area contributed by atoms with Crippen LogP contribution in [0.4, 0.5) is 5.13 Å². The quantitative estimate of drug-likeness (QED) is 0.351. The van der Waals surface area contributed by atoms with Gasteiger partial charge in [-0.2, -0.15) is 0 Å². The SMILES string of the molecule is Cc1cc(C)c2nc(N3C(=O)C(O)=C(C(=O)C=Cc4ccccc4)C3c3cccc(O)c3)sc2c1. The van der Waals surface area contributed by atoms with Crippen LogP contribution in [-0.2, 0) is 9.59 Å². The van der Waals surface area contributed by atoms with Crippen LogP contribution >= 0.6 is 11.3 Å². The Labute approximate surface area is 206 Å². The molecule has 5 rings (SSSR count). The van der Waals surface area contributed by atoms with Gasteiger partial charge in [0.15, 0.2) is 16.7 Å². The van der Waals surface area contributed by atoms with Crippen LogP contribution in [-0.4, -0.2) is 26.9 Å². The number of allylic oxidation sites excluding steroid dienone is 1. The summed E-state index contributed by atoms with van der Waals surface area (Å²) in [4.78, 5) is 32.7. The molecule has 35 heavy (non-hydrogen) atoms. The van der Waals surface area contributed by atoms with Gasteiger partial charge in [-0.25, -0.2) is 4.98 Å². The van der Waals surface area contributed by atoms with Gasteiger partial charge < -0.3 is 10.2 Å². The van der Waals surface area contributed by atoms with Crippen molar-refractivity contribution in [3.63, 3.8) is 0 Å². The molecule has 174 valence electrons. The number of aromatic nitrogens is 1. The van der Waals surface area contributed by atoms with E-state index < -0.39 is 23.5 Å². The van der Waals surface area contributed by atoms with Crippen molar-refractivity contribution in [2.75, 3.05) is 4.90 Å². The highest BCUT2D eigenvalue weighted by atomic mass is 32.1. The number of aliphatic hydroxyl groups excluding tert-OH is 1. The molecule has 0 radical (unpaired) electrons. The molecule has 1 aromatic heterocycles. The van der Waals surface area contributed by atoms with E-state index in [2.05, 4.69) is 0 Å². The van der Waals surface area contributed by atoms with Gasteiger partial charge in [-0.15, -0.1) is 0 Å². The maximum Gasteiger partial charge on any atom is 0.296 e. The molecule has 2 N–H and O–H groups in total. The Hall–Kier alpha value is -4.23. The van der Waals surface area contributed by atoms with Crippen LogP contribution in [0.15, 0.2) is 84.1 Å². The number of aryl methyl sites for hydroxylation is 2. The van der Waals surface area contributed by atoms with Crippen LogP contribution in [0.5, 0.6) is 5.75 Å². The summed E-state index contributed by atoms with van der Waals surface area (Å²) in [5.41, 5.74) is 4.06. The lowest BCUT2D eigenvalue weighted by atomic mass is 9.95. The first-order valence-corrected chi connectivity index (χ1v) is 11.9. The van der Waals surface area contributed by atoms with E-state index >= 15 is 0 Å². The number of ketones is 1. The van der Waals surface area contributed by atoms with Crippen LogP contribution in [0, 0.1) is 13.8 Å². The second-order valence-corrected chi connectivity index (χ2v) is 9.48. The molecule has 6 nitrogen and oxygen atoms in total. The summed E-state index contributed by atoms with van der Waals surface area (Å²) >= 11 is 1.32. The molecule has 0 spiro atoms. The van der Waals surface area contributed by atoms with E-state index in [9.17, 15) is 19.8 Å². The Morgan fingerprint density at radius 2 is 1.80 bits per heavy atom. The summed E-state index contributed by atoms with van der Waals surface area (Å²) in [5, 5.41) is 21.4. The van der Waals surface area contributed by atoms with Crippen LogP contribution < -0.4 is 4.90 Å². The van der Waals surface area contributed by atoms with Gasteiger partial charge in [-0.05, 0) is 60.4 Å². The molecule has 1 atom stereocenters. The average Bonchev–Trinajstić information content (AvgIpc) is 3.37. The minimum Gasteiger partial charge on any atom is -0.508 e. The van der Waals surface area contributed by atoms with Crippen LogP contribution in [0.1, 0.15) is 28.3 Å². The molecule has 3 aromatic carbocycles. The Balaban J connectivity index is 1.63. The summed E-state index contributed by atoms with van der Waals surface area (Å²) in [5.74, 6) is -1.83. The average molecular weight is 483 g/mol. The summed E-state index contributed by atoms with van der Waals surface area (Å²) in [7, 11) is 0. The van der Waals surface area contributed by atoms with Gasteiger partial charge in [0.2, 0.25) is 0 Å². The van der Waals surface area contributed by atoms with Crippen molar-refractivity contribution in [1.29, 1.82) is 0 Å². The fourth-order valence-electron chi connectivity index (χ4n) is 4.35. The molecule has 1 unspecified atom stereocenters. The van der Waals surface area contributed by atoms with E-state index in [0.29, 0.717) is 10.7 Å². The number of phenolic OH excluding ortho intramolecular Hbond substituents is 1. The number of carbonyl (C=O) groups is 2. The van der Waals surface area contributed by atoms with Gasteiger partial charge in [-0.1, -0.05) is 65.9 Å². The van der Waals surface area contributed by atoms with Crippen molar-refractivity contribution in [3.8, 4) is 5.75 Å². The number of phenols is 1. The number of aliphatic hydroxyl groups is 1. The lowest BCUT2D eigenvalue weighted by molar-refractivity contribution is -0.117. The third-order valence-corrected chi connectivity index (χ3v) is 6.91. The summed E-state index contributed by atoms with van der Waals surface area (Å²) in [6.45, 7) is 3.95. The Morgan fingerprint density at radius 3 is 2.54 bits per heavy atom. The number of carbonyl (C=O) groups excluding carboxylic acids is 2. The topological polar surface area (TPSA) is 90.7 Å². The molecule has 4 aromatic rings. The maximum absolute atomic E-state index is 13.3. The van der Waals surface area contributed by atoms with Gasteiger partial charge in [0.25, 0.3) is 5.91 Å². The number of rotatable bonds is 5. The number of hydrogen-bond donors (Lipinski definition) is 2. The molecule has 0 bridgehead atoms. The standard InChI is InChI=1S/C28H22N2O4S/c1-16-13-17(2)24-22(14-16)35-28(29-24)30-25(19-9-6-10-20(31)15-19)23(26(33)27(30)34)21(32)12-11-18-7-4-3-5-8-18/h3-15,25,31,33H,1-2H3. The van der Waals surface area contributed by atoms with Crippen LogP contribution in [0.25, 0.3) is 16.3 Å². The van der Waals surface area contributed by atoms with E-state index in [4.69, 9.17) is 4.98 Å². The number of aromatic hydroxyl groups is 1. The smallest absolute Gasteiger partial charge is 0.296 e. The monoisotopic (exact) mass is 482 g/mol. The zero-order valence-electron chi connectivity index (χ0n) is 19.1. The number of amides is 1. The van der Waals surface area contributed by atoms with Crippen molar-refractivity contribution < 1.29 is 19.8 Å². The Morgan fingerprint density at radius 1 is 1.03 bits per heavy atom. The first kappa shape index (κ1) is 22.6. The fourth-order valence-corrected chi connectivity index (χ4v) is 5.52. The normalized spacial score (nSPS) is 16.1. The lowest BCUT2D eigenvalue weighted by Gasteiger charge is -2.24. The van der Waals surface area contributed by atoms with Crippen LogP contribution in [0.2, 0.25) is 0 Å². The molecule has 0 saturated carbocycles. The minimum absolute atomic E-state index is 0.0105. The maximum atomic E-state index is 13.3. The highest BCUT2D eigenvalue weighted by molar-refractivity contribution is 7.22. The second kappa shape index (κ2) is 8.85. The summed E-state index contributed by atoms with van der Waals surface area (Å²) in [6, 6.07) is 18.7. The molecule has 0 aliphatic carbocycles. The number of hydrogen-bond acceptors (Lipinski definition) is 6. The lowest BCUT2D eigenvalue weighted by Crippen LogP contribution is -2.30. The number of fused-ring (bicyclic) bond motifs is 1. The summed E-state index contributed by atoms with van der Waals surface area (Å²) in [6.07, 6.45) is 2.98. The molecule has 1 aliphatic heterocycles. The molecule has 0 saturated heterocycles. The zero-order valence-corrected chi connectivity index (χ0v) is 19.9. The molecular formula is C28H22N2O4S. The number of thiazole rings is 1. The Kier molecular flexibility index (Phi) is 5.70. The highest BCUT2D eigenvalue weighted by Crippen LogP contribution is 2.44. The molecule has 1 amide bonds. The zero-order chi connectivity index (χ0) is 24.7. The molecule has 7 heteroatoms. The number of nitrogens with zero attached hydrogens (tertiary/aromatic N) is 2. The molecule has 1 aliphatic rings. The first-order chi connectivity index (χ1) is 16.8. The number of benzene rings is 3. The second-order valence-electron chi connectivity index (χ2n) is 8.47. The molecule has 0 fully saturated rings. The van der Waals surface area contributed by atoms with E-state index in [1.54, 1.807) is 18.2 Å². The van der Waals surface area contributed by atoms with Crippen molar-refractivity contribution in [1.82, 2.24) is 4.98 Å². The third kappa shape index (κ3) is 4.11. The molecular weight excluding hydrogens is 460 g/mol. The van der Waals surface area contributed by atoms with Gasteiger partial charge in [0.1, 0.15) is 5.75 Å². The predicted octanol–water partition coefficient (Wildman–Crippen LogP) is 5.80. The third-order valence-electron chi connectivity index (χ3n) is 5.91. The molecule has 2 heterocycles. The van der Waals surface area contributed by atoms with Crippen molar-refractivity contribution in [2.24, 2.45) is 0 Å². The minimum atomic E-state index is -0.940. The van der Waals surface area contributed by atoms with Gasteiger partial charge in [0, 0.05) is 0 Å². The van der Waals surface area contributed by atoms with Gasteiger partial charge in [0.05, 0.1) is 21.8 Å². The van der Waals surface area contributed by atoms with E-state index in [1.807, 2.05) is 56.3 Å². The van der Waals surface area contributed by atoms with Gasteiger partial charge >= 0.3 is 0 Å². The van der Waals surface area contributed by atoms with E-state index in [1.165, 1.54) is 34.4 Å². The summed E-state index contributed by atoms with van der Waals surface area (Å²) < 4.78 is 0.906.